The molecule has 1 aliphatic heterocycles. The van der Waals surface area contributed by atoms with E-state index in [1.165, 1.54) is 23.5 Å². The van der Waals surface area contributed by atoms with Crippen molar-refractivity contribution >= 4 is 23.0 Å². The van der Waals surface area contributed by atoms with Crippen molar-refractivity contribution in [3.63, 3.8) is 0 Å². The van der Waals surface area contributed by atoms with Crippen LogP contribution in [0.4, 0.5) is 13.2 Å². The number of alkyl halides is 3. The highest BCUT2D eigenvalue weighted by Gasteiger charge is 2.44. The fourth-order valence-corrected chi connectivity index (χ4v) is 6.48. The number of nitrogens with zero attached hydrogens (tertiary/aromatic N) is 1. The van der Waals surface area contributed by atoms with Crippen molar-refractivity contribution in [1.82, 2.24) is 15.6 Å². The van der Waals surface area contributed by atoms with Crippen molar-refractivity contribution < 1.29 is 32.6 Å². The minimum Gasteiger partial charge on any atom is -0.392 e. The summed E-state index contributed by atoms with van der Waals surface area (Å²) in [4.78, 5) is 29.6. The van der Waals surface area contributed by atoms with Gasteiger partial charge in [-0.15, -0.1) is 11.3 Å². The van der Waals surface area contributed by atoms with Crippen molar-refractivity contribution in [3.8, 4) is 0 Å². The first-order chi connectivity index (χ1) is 17.7. The maximum Gasteiger partial charge on any atom is 0.416 e. The summed E-state index contributed by atoms with van der Waals surface area (Å²) in [5.74, 6) is -0.584. The molecule has 1 amide bonds. The molecule has 0 spiro atoms. The predicted octanol–water partition coefficient (Wildman–Crippen LogP) is 3.65. The smallest absolute Gasteiger partial charge is 0.392 e. The molecule has 202 valence electrons. The molecule has 4 rings (SSSR count). The molecule has 3 N–H and O–H groups in total. The summed E-state index contributed by atoms with van der Waals surface area (Å²) in [5, 5.41) is 20.2. The van der Waals surface area contributed by atoms with Crippen LogP contribution in [-0.4, -0.2) is 60.7 Å². The number of hydrogen-bond acceptors (Lipinski definition) is 7. The number of carbonyl (C=O) groups excluding carboxylic acids is 2. The van der Waals surface area contributed by atoms with Gasteiger partial charge in [-0.05, 0) is 36.8 Å². The van der Waals surface area contributed by atoms with Crippen molar-refractivity contribution in [2.24, 2.45) is 17.8 Å². The number of nitrogens with one attached hydrogen (secondary N) is 2. The van der Waals surface area contributed by atoms with Gasteiger partial charge < -0.3 is 20.5 Å². The second-order valence-corrected chi connectivity index (χ2v) is 10.8. The number of rotatable bonds is 9. The Morgan fingerprint density at radius 1 is 1.24 bits per heavy atom. The number of carbonyl (C=O) groups is 2. The normalized spacial score (nSPS) is 28.2. The van der Waals surface area contributed by atoms with Gasteiger partial charge in [0.15, 0.2) is 5.78 Å². The largest absolute Gasteiger partial charge is 0.416 e. The average molecular weight is 540 g/mol. The van der Waals surface area contributed by atoms with E-state index in [0.29, 0.717) is 13.2 Å². The Balaban J connectivity index is 1.36. The van der Waals surface area contributed by atoms with Crippen LogP contribution in [0, 0.1) is 17.8 Å². The van der Waals surface area contributed by atoms with E-state index in [4.69, 9.17) is 4.74 Å². The quantitative estimate of drug-likeness (QED) is 0.421. The molecule has 37 heavy (non-hydrogen) atoms. The van der Waals surface area contributed by atoms with E-state index in [1.54, 1.807) is 13.3 Å². The van der Waals surface area contributed by atoms with Crippen molar-refractivity contribution in [3.05, 3.63) is 52.0 Å². The third kappa shape index (κ3) is 6.76. The Hall–Kier alpha value is -2.34. The average Bonchev–Trinajstić information content (AvgIpc) is 3.56. The maximum atomic E-state index is 13.0. The molecule has 1 saturated heterocycles. The molecule has 5 unspecified atom stereocenters. The van der Waals surface area contributed by atoms with Gasteiger partial charge in [0, 0.05) is 68.1 Å². The van der Waals surface area contributed by atoms with E-state index in [0.717, 1.165) is 36.5 Å². The number of Topliss-reactive ketones (excluding diaryl/α,β-unsaturated/α-hetero) is 1. The van der Waals surface area contributed by atoms with Gasteiger partial charge in [-0.2, -0.15) is 13.2 Å². The number of ether oxygens (including phenoxy) is 1. The van der Waals surface area contributed by atoms with Gasteiger partial charge >= 0.3 is 6.18 Å². The second kappa shape index (κ2) is 12.0. The molecular weight excluding hydrogens is 507 g/mol. The molecule has 2 heterocycles. The molecule has 7 nitrogen and oxygen atoms in total. The lowest BCUT2D eigenvalue weighted by Crippen LogP contribution is -2.46. The minimum absolute atomic E-state index is 0.0420. The number of aromatic nitrogens is 1. The van der Waals surface area contributed by atoms with Crippen molar-refractivity contribution in [2.75, 3.05) is 26.8 Å². The van der Waals surface area contributed by atoms with Crippen LogP contribution >= 0.6 is 11.3 Å². The predicted molar refractivity (Wildman–Crippen MR) is 132 cm³/mol. The molecular formula is C26H32F3N3O4S. The lowest BCUT2D eigenvalue weighted by molar-refractivity contribution is -0.137. The van der Waals surface area contributed by atoms with Gasteiger partial charge in [0.25, 0.3) is 0 Å². The number of aliphatic hydroxyl groups excluding tert-OH is 1. The van der Waals surface area contributed by atoms with Crippen LogP contribution in [0.15, 0.2) is 35.8 Å². The van der Waals surface area contributed by atoms with E-state index in [9.17, 15) is 27.9 Å². The van der Waals surface area contributed by atoms with E-state index >= 15 is 0 Å². The van der Waals surface area contributed by atoms with Crippen LogP contribution in [0.3, 0.4) is 0 Å². The fraction of sp³-hybridized carbons (Fsp3) is 0.577. The molecule has 2 aliphatic rings. The number of methoxy groups -OCH3 is 1. The molecule has 2 aromatic rings. The highest BCUT2D eigenvalue weighted by molar-refractivity contribution is 7.09. The summed E-state index contributed by atoms with van der Waals surface area (Å²) in [6.07, 6.45) is -2.10. The minimum atomic E-state index is -4.53. The summed E-state index contributed by atoms with van der Waals surface area (Å²) in [6.45, 7) is 1.75. The van der Waals surface area contributed by atoms with Gasteiger partial charge in [-0.1, -0.05) is 12.1 Å². The van der Waals surface area contributed by atoms with Crippen molar-refractivity contribution in [1.29, 1.82) is 0 Å². The van der Waals surface area contributed by atoms with Gasteiger partial charge in [-0.3, -0.25) is 9.59 Å². The monoisotopic (exact) mass is 539 g/mol. The first kappa shape index (κ1) is 27.7. The van der Waals surface area contributed by atoms with Gasteiger partial charge in [-0.25, -0.2) is 4.98 Å². The number of hydrogen-bond donors (Lipinski definition) is 3. The Bertz CT molecular complexity index is 1070. The molecule has 1 aliphatic carbocycles. The number of aliphatic hydroxyl groups is 1. The third-order valence-electron chi connectivity index (χ3n) is 7.51. The Labute approximate surface area is 217 Å². The summed E-state index contributed by atoms with van der Waals surface area (Å²) < 4.78 is 44.2. The molecule has 11 heteroatoms. The number of halogens is 3. The highest BCUT2D eigenvalue weighted by Crippen LogP contribution is 2.44. The number of amides is 1. The molecule has 0 bridgehead atoms. The van der Waals surface area contributed by atoms with Crippen LogP contribution in [-0.2, 0) is 15.7 Å². The van der Waals surface area contributed by atoms with Crippen LogP contribution in [0.1, 0.15) is 52.5 Å². The molecule has 2 fully saturated rings. The van der Waals surface area contributed by atoms with E-state index < -0.39 is 23.6 Å². The molecule has 0 radical (unpaired) electrons. The number of ketones is 1. The second-order valence-electron chi connectivity index (χ2n) is 9.91. The summed E-state index contributed by atoms with van der Waals surface area (Å²) in [7, 11) is 1.62. The highest BCUT2D eigenvalue weighted by atomic mass is 32.1. The number of benzene rings is 1. The molecule has 1 saturated carbocycles. The Morgan fingerprint density at radius 2 is 2.05 bits per heavy atom. The van der Waals surface area contributed by atoms with Crippen LogP contribution < -0.4 is 10.6 Å². The van der Waals surface area contributed by atoms with Crippen LogP contribution in [0.5, 0.6) is 0 Å². The fourth-order valence-electron chi connectivity index (χ4n) is 5.69. The molecule has 6 atom stereocenters. The lowest BCUT2D eigenvalue weighted by Gasteiger charge is -2.41. The lowest BCUT2D eigenvalue weighted by atomic mass is 9.68. The van der Waals surface area contributed by atoms with E-state index in [-0.39, 0.29) is 54.0 Å². The Kier molecular flexibility index (Phi) is 8.99. The van der Waals surface area contributed by atoms with Gasteiger partial charge in [0.1, 0.15) is 0 Å². The van der Waals surface area contributed by atoms with E-state index in [1.807, 2.05) is 5.38 Å². The van der Waals surface area contributed by atoms with Crippen LogP contribution in [0.2, 0.25) is 0 Å². The van der Waals surface area contributed by atoms with Crippen molar-refractivity contribution in [2.45, 2.75) is 49.9 Å². The zero-order valence-electron chi connectivity index (χ0n) is 20.5. The molecule has 1 aromatic carbocycles. The third-order valence-corrected chi connectivity index (χ3v) is 8.42. The summed E-state index contributed by atoms with van der Waals surface area (Å²) in [5.41, 5.74) is -0.940. The summed E-state index contributed by atoms with van der Waals surface area (Å²) in [6, 6.07) is 4.12. The maximum absolute atomic E-state index is 13.0. The summed E-state index contributed by atoms with van der Waals surface area (Å²) >= 11 is 1.53. The Morgan fingerprint density at radius 3 is 2.76 bits per heavy atom. The first-order valence-corrected chi connectivity index (χ1v) is 13.3. The zero-order valence-corrected chi connectivity index (χ0v) is 21.4. The van der Waals surface area contributed by atoms with Crippen LogP contribution in [0.25, 0.3) is 0 Å². The van der Waals surface area contributed by atoms with E-state index in [2.05, 4.69) is 15.6 Å². The first-order valence-electron chi connectivity index (χ1n) is 12.4. The topological polar surface area (TPSA) is 101 Å². The van der Waals surface area contributed by atoms with Gasteiger partial charge in [0.2, 0.25) is 5.91 Å². The van der Waals surface area contributed by atoms with Gasteiger partial charge in [0.05, 0.1) is 23.3 Å². The molecule has 1 aromatic heterocycles. The zero-order chi connectivity index (χ0) is 26.6. The standard InChI is InChI=1S/C26H32F3N3O4S/c1-36-14-17-9-16(11-19(24(17)35)25-31-7-8-37-25)20-12-30-13-21(20)32-23(34)6-5-22(33)15-3-2-4-18(10-15)26(27,28)29/h2-4,7-8,10,16-17,19-21,24,30,35H,5-6,9,11-14H2,1H3,(H,32,34)/t16?,17?,19?,20?,21-,24?/m0/s1. The SMILES string of the molecule is COCC1CC(C2CNC[C@@H]2NC(=O)CCC(=O)c2cccc(C(F)(F)F)c2)CC(c2nccs2)C1O. The number of thiazole rings is 1.